The van der Waals surface area contributed by atoms with Crippen LogP contribution in [0.25, 0.3) is 5.69 Å². The third-order valence-electron chi connectivity index (χ3n) is 3.05. The van der Waals surface area contributed by atoms with Gasteiger partial charge in [0.05, 0.1) is 5.69 Å². The predicted octanol–water partition coefficient (Wildman–Crippen LogP) is 1.89. The molecule has 1 heterocycles. The molecular weight excluding hydrogens is 256 g/mol. The molecule has 0 bridgehead atoms. The van der Waals surface area contributed by atoms with Crippen molar-refractivity contribution in [1.82, 2.24) is 25.5 Å². The second-order valence-electron chi connectivity index (χ2n) is 4.66. The lowest BCUT2D eigenvalue weighted by atomic mass is 10.2. The predicted molar refractivity (Wildman–Crippen MR) is 75.8 cm³/mol. The SMILES string of the molecule is CCC(C)NC(=O)Nc1ccc(C)c(-n2cnnn2)c1. The van der Waals surface area contributed by atoms with Crippen molar-refractivity contribution in [1.29, 1.82) is 0 Å². The number of nitrogens with one attached hydrogen (secondary N) is 2. The highest BCUT2D eigenvalue weighted by Crippen LogP contribution is 2.18. The van der Waals surface area contributed by atoms with Gasteiger partial charge in [-0.2, -0.15) is 0 Å². The summed E-state index contributed by atoms with van der Waals surface area (Å²) < 4.78 is 1.56. The zero-order valence-corrected chi connectivity index (χ0v) is 11.8. The number of hydrogen-bond acceptors (Lipinski definition) is 4. The van der Waals surface area contributed by atoms with Crippen LogP contribution in [0, 0.1) is 6.92 Å². The molecule has 0 aliphatic rings. The number of nitrogens with zero attached hydrogens (tertiary/aromatic N) is 4. The molecule has 0 radical (unpaired) electrons. The molecule has 1 atom stereocenters. The maximum atomic E-state index is 11.8. The zero-order valence-electron chi connectivity index (χ0n) is 11.8. The summed E-state index contributed by atoms with van der Waals surface area (Å²) in [6.07, 6.45) is 2.41. The van der Waals surface area contributed by atoms with Crippen molar-refractivity contribution in [3.05, 3.63) is 30.1 Å². The minimum Gasteiger partial charge on any atom is -0.335 e. The van der Waals surface area contributed by atoms with Gasteiger partial charge in [0.25, 0.3) is 0 Å². The lowest BCUT2D eigenvalue weighted by molar-refractivity contribution is 0.249. The van der Waals surface area contributed by atoms with E-state index in [2.05, 4.69) is 26.2 Å². The standard InChI is InChI=1S/C13H18N6O/c1-4-10(3)15-13(20)16-11-6-5-9(2)12(7-11)19-8-14-17-18-19/h5-8,10H,4H2,1-3H3,(H2,15,16,20). The Labute approximate surface area is 117 Å². The average molecular weight is 274 g/mol. The molecular formula is C13H18N6O. The number of rotatable bonds is 4. The van der Waals surface area contributed by atoms with Crippen LogP contribution in [0.15, 0.2) is 24.5 Å². The first kappa shape index (κ1) is 14.0. The van der Waals surface area contributed by atoms with Crippen LogP contribution in [0.3, 0.4) is 0 Å². The van der Waals surface area contributed by atoms with E-state index in [-0.39, 0.29) is 12.1 Å². The van der Waals surface area contributed by atoms with Crippen molar-refractivity contribution in [2.75, 3.05) is 5.32 Å². The number of urea groups is 1. The van der Waals surface area contributed by atoms with Crippen LogP contribution in [0.5, 0.6) is 0 Å². The maximum Gasteiger partial charge on any atom is 0.319 e. The third kappa shape index (κ3) is 3.31. The summed E-state index contributed by atoms with van der Waals surface area (Å²) >= 11 is 0. The highest BCUT2D eigenvalue weighted by atomic mass is 16.2. The highest BCUT2D eigenvalue weighted by molar-refractivity contribution is 5.89. The van der Waals surface area contributed by atoms with Crippen molar-refractivity contribution in [2.45, 2.75) is 33.2 Å². The van der Waals surface area contributed by atoms with Gasteiger partial charge in [-0.05, 0) is 48.4 Å². The van der Waals surface area contributed by atoms with Gasteiger partial charge in [0, 0.05) is 11.7 Å². The first-order valence-corrected chi connectivity index (χ1v) is 6.51. The van der Waals surface area contributed by atoms with E-state index in [1.165, 1.54) is 6.33 Å². The van der Waals surface area contributed by atoms with Crippen LogP contribution < -0.4 is 10.6 Å². The summed E-state index contributed by atoms with van der Waals surface area (Å²) in [5.74, 6) is 0. The Bertz CT molecular complexity index is 581. The van der Waals surface area contributed by atoms with Crippen molar-refractivity contribution < 1.29 is 4.79 Å². The Kier molecular flexibility index (Phi) is 4.29. The number of tetrazole rings is 1. The van der Waals surface area contributed by atoms with Gasteiger partial charge in [0.15, 0.2) is 0 Å². The minimum atomic E-state index is -0.217. The first-order valence-electron chi connectivity index (χ1n) is 6.51. The van der Waals surface area contributed by atoms with E-state index in [1.807, 2.05) is 39.0 Å². The molecule has 0 fully saturated rings. The van der Waals surface area contributed by atoms with Crippen molar-refractivity contribution in [3.63, 3.8) is 0 Å². The quantitative estimate of drug-likeness (QED) is 0.891. The van der Waals surface area contributed by atoms with Gasteiger partial charge in [-0.25, -0.2) is 9.48 Å². The molecule has 1 aromatic carbocycles. The monoisotopic (exact) mass is 274 g/mol. The molecule has 0 saturated carbocycles. The molecule has 2 rings (SSSR count). The van der Waals surface area contributed by atoms with E-state index < -0.39 is 0 Å². The molecule has 1 unspecified atom stereocenters. The molecule has 2 aromatic rings. The summed E-state index contributed by atoms with van der Waals surface area (Å²) in [6, 6.07) is 5.52. The first-order chi connectivity index (χ1) is 9.60. The number of hydrogen-bond donors (Lipinski definition) is 2. The van der Waals surface area contributed by atoms with Crippen LogP contribution in [0.4, 0.5) is 10.5 Å². The van der Waals surface area contributed by atoms with Gasteiger partial charge in [-0.1, -0.05) is 13.0 Å². The summed E-state index contributed by atoms with van der Waals surface area (Å²) in [4.78, 5) is 11.8. The van der Waals surface area contributed by atoms with Gasteiger partial charge in [-0.3, -0.25) is 0 Å². The number of benzene rings is 1. The maximum absolute atomic E-state index is 11.8. The number of carbonyl (C=O) groups is 1. The van der Waals surface area contributed by atoms with Gasteiger partial charge >= 0.3 is 6.03 Å². The van der Waals surface area contributed by atoms with Crippen LogP contribution in [0.2, 0.25) is 0 Å². The molecule has 106 valence electrons. The van der Waals surface area contributed by atoms with E-state index >= 15 is 0 Å². The van der Waals surface area contributed by atoms with Gasteiger partial charge in [0.1, 0.15) is 6.33 Å². The fourth-order valence-corrected chi connectivity index (χ4v) is 1.70. The fraction of sp³-hybridized carbons (Fsp3) is 0.385. The molecule has 7 heteroatoms. The molecule has 20 heavy (non-hydrogen) atoms. The Morgan fingerprint density at radius 1 is 1.45 bits per heavy atom. The van der Waals surface area contributed by atoms with Crippen LogP contribution in [-0.4, -0.2) is 32.3 Å². The van der Waals surface area contributed by atoms with Crippen LogP contribution in [-0.2, 0) is 0 Å². The number of aromatic nitrogens is 4. The van der Waals surface area contributed by atoms with Gasteiger partial charge < -0.3 is 10.6 Å². The van der Waals surface area contributed by atoms with E-state index in [0.29, 0.717) is 5.69 Å². The topological polar surface area (TPSA) is 84.7 Å². The van der Waals surface area contributed by atoms with Crippen LogP contribution in [0.1, 0.15) is 25.8 Å². The zero-order chi connectivity index (χ0) is 14.5. The van der Waals surface area contributed by atoms with E-state index in [1.54, 1.807) is 4.68 Å². The van der Waals surface area contributed by atoms with Crippen LogP contribution >= 0.6 is 0 Å². The fourth-order valence-electron chi connectivity index (χ4n) is 1.70. The number of amides is 2. The minimum absolute atomic E-state index is 0.138. The smallest absolute Gasteiger partial charge is 0.319 e. The number of carbonyl (C=O) groups excluding carboxylic acids is 1. The molecule has 2 N–H and O–H groups in total. The molecule has 0 aliphatic carbocycles. The average Bonchev–Trinajstić information content (AvgIpc) is 2.94. The summed E-state index contributed by atoms with van der Waals surface area (Å²) in [5.41, 5.74) is 2.54. The number of aryl methyl sites for hydroxylation is 1. The molecule has 0 aliphatic heterocycles. The normalized spacial score (nSPS) is 11.9. The Hall–Kier alpha value is -2.44. The summed E-state index contributed by atoms with van der Waals surface area (Å²) in [6.45, 7) is 5.94. The summed E-state index contributed by atoms with van der Waals surface area (Å²) in [7, 11) is 0. The van der Waals surface area contributed by atoms with E-state index in [0.717, 1.165) is 17.7 Å². The Balaban J connectivity index is 2.14. The Morgan fingerprint density at radius 3 is 2.90 bits per heavy atom. The molecule has 0 spiro atoms. The van der Waals surface area contributed by atoms with Gasteiger partial charge in [-0.15, -0.1) is 5.10 Å². The largest absolute Gasteiger partial charge is 0.335 e. The van der Waals surface area contributed by atoms with Crippen molar-refractivity contribution in [3.8, 4) is 5.69 Å². The van der Waals surface area contributed by atoms with Crippen molar-refractivity contribution in [2.24, 2.45) is 0 Å². The molecule has 2 amide bonds. The van der Waals surface area contributed by atoms with E-state index in [4.69, 9.17) is 0 Å². The number of anilines is 1. The van der Waals surface area contributed by atoms with Crippen molar-refractivity contribution >= 4 is 11.7 Å². The second kappa shape index (κ2) is 6.14. The second-order valence-corrected chi connectivity index (χ2v) is 4.66. The molecule has 7 nitrogen and oxygen atoms in total. The molecule has 0 saturated heterocycles. The molecule has 1 aromatic heterocycles. The lowest BCUT2D eigenvalue weighted by Crippen LogP contribution is -2.35. The van der Waals surface area contributed by atoms with Gasteiger partial charge in [0.2, 0.25) is 0 Å². The summed E-state index contributed by atoms with van der Waals surface area (Å²) in [5, 5.41) is 16.7. The third-order valence-corrected chi connectivity index (χ3v) is 3.05. The Morgan fingerprint density at radius 2 is 2.25 bits per heavy atom. The van der Waals surface area contributed by atoms with E-state index in [9.17, 15) is 4.79 Å². The highest BCUT2D eigenvalue weighted by Gasteiger charge is 2.08. The lowest BCUT2D eigenvalue weighted by Gasteiger charge is -2.13.